The highest BCUT2D eigenvalue weighted by Crippen LogP contribution is 2.36. The molecule has 1 unspecified atom stereocenters. The van der Waals surface area contributed by atoms with Crippen molar-refractivity contribution in [1.29, 1.82) is 0 Å². The van der Waals surface area contributed by atoms with E-state index in [2.05, 4.69) is 20.3 Å². The van der Waals surface area contributed by atoms with Gasteiger partial charge in [0.2, 0.25) is 0 Å². The van der Waals surface area contributed by atoms with Crippen molar-refractivity contribution in [1.82, 2.24) is 19.9 Å². The molecule has 1 spiro atoms. The maximum atomic E-state index is 14.8. The van der Waals surface area contributed by atoms with Crippen LogP contribution in [0.1, 0.15) is 46.7 Å². The lowest BCUT2D eigenvalue weighted by Crippen LogP contribution is -2.57. The predicted octanol–water partition coefficient (Wildman–Crippen LogP) is 3.79. The molecule has 36 heavy (non-hydrogen) atoms. The molecule has 8 nitrogen and oxygen atoms in total. The van der Waals surface area contributed by atoms with Crippen LogP contribution in [0.5, 0.6) is 0 Å². The van der Waals surface area contributed by atoms with Crippen LogP contribution in [0.4, 0.5) is 23.2 Å². The molecule has 1 aromatic carbocycles. The predicted molar refractivity (Wildman–Crippen MR) is 122 cm³/mol. The first-order valence-electron chi connectivity index (χ1n) is 11.5. The van der Waals surface area contributed by atoms with Crippen LogP contribution in [-0.2, 0) is 17.5 Å². The average molecular weight is 505 g/mol. The topological polar surface area (TPSA) is 100 Å². The minimum absolute atomic E-state index is 0.0897. The van der Waals surface area contributed by atoms with Gasteiger partial charge in [-0.2, -0.15) is 13.2 Å². The van der Waals surface area contributed by atoms with Gasteiger partial charge in [-0.05, 0) is 44.0 Å². The minimum atomic E-state index is -4.81. The lowest BCUT2D eigenvalue weighted by atomic mass is 9.85. The van der Waals surface area contributed by atoms with Gasteiger partial charge in [-0.15, -0.1) is 0 Å². The summed E-state index contributed by atoms with van der Waals surface area (Å²) in [6.45, 7) is 2.66. The number of H-pyrrole nitrogens is 1. The van der Waals surface area contributed by atoms with Crippen LogP contribution in [-0.4, -0.2) is 51.1 Å². The van der Waals surface area contributed by atoms with Crippen molar-refractivity contribution in [2.24, 2.45) is 0 Å². The zero-order valence-electron chi connectivity index (χ0n) is 19.3. The summed E-state index contributed by atoms with van der Waals surface area (Å²) in [6.07, 6.45) is -2.24. The third-order valence-electron chi connectivity index (χ3n) is 6.64. The summed E-state index contributed by atoms with van der Waals surface area (Å²) in [5, 5.41) is 2.51. The molecule has 0 saturated carbocycles. The van der Waals surface area contributed by atoms with Gasteiger partial charge in [-0.25, -0.2) is 14.4 Å². The summed E-state index contributed by atoms with van der Waals surface area (Å²) in [6, 6.07) is 4.85. The molecule has 5 rings (SSSR count). The van der Waals surface area contributed by atoms with Gasteiger partial charge >= 0.3 is 6.18 Å². The first-order chi connectivity index (χ1) is 17.0. The van der Waals surface area contributed by atoms with Gasteiger partial charge in [0.05, 0.1) is 29.8 Å². The number of likely N-dealkylation sites (tertiary alicyclic amines) is 1. The first-order valence-corrected chi connectivity index (χ1v) is 11.5. The van der Waals surface area contributed by atoms with Gasteiger partial charge in [-0.3, -0.25) is 9.59 Å². The number of hydrogen-bond acceptors (Lipinski definition) is 6. The van der Waals surface area contributed by atoms with E-state index in [1.807, 2.05) is 0 Å². The molecule has 190 valence electrons. The van der Waals surface area contributed by atoms with Gasteiger partial charge in [0.25, 0.3) is 11.5 Å². The third-order valence-corrected chi connectivity index (χ3v) is 6.64. The Balaban J connectivity index is 1.36. The Hall–Kier alpha value is -3.54. The van der Waals surface area contributed by atoms with Crippen LogP contribution in [0.25, 0.3) is 11.0 Å². The highest BCUT2D eigenvalue weighted by atomic mass is 19.4. The Labute approximate surface area is 202 Å². The number of aromatic nitrogens is 3. The van der Waals surface area contributed by atoms with Gasteiger partial charge in [-0.1, -0.05) is 0 Å². The molecule has 3 aromatic rings. The number of alkyl halides is 3. The van der Waals surface area contributed by atoms with Crippen LogP contribution in [0.2, 0.25) is 0 Å². The van der Waals surface area contributed by atoms with Crippen molar-refractivity contribution in [3.8, 4) is 0 Å². The summed E-state index contributed by atoms with van der Waals surface area (Å²) in [7, 11) is 0. The number of carbonyl (C=O) groups excluding carboxylic acids is 1. The fourth-order valence-corrected chi connectivity index (χ4v) is 4.74. The van der Waals surface area contributed by atoms with Crippen molar-refractivity contribution < 1.29 is 27.1 Å². The second-order valence-corrected chi connectivity index (χ2v) is 9.18. The molecule has 2 aliphatic heterocycles. The number of pyridine rings is 1. The fraction of sp³-hybridized carbons (Fsp3) is 0.417. The number of rotatable bonds is 4. The Morgan fingerprint density at radius 3 is 2.69 bits per heavy atom. The number of nitrogens with zero attached hydrogens (tertiary/aromatic N) is 3. The molecule has 1 atom stereocenters. The lowest BCUT2D eigenvalue weighted by Gasteiger charge is -2.48. The van der Waals surface area contributed by atoms with Crippen LogP contribution >= 0.6 is 0 Å². The number of benzene rings is 1. The van der Waals surface area contributed by atoms with Gasteiger partial charge < -0.3 is 19.9 Å². The van der Waals surface area contributed by atoms with E-state index in [4.69, 9.17) is 4.74 Å². The van der Waals surface area contributed by atoms with E-state index >= 15 is 0 Å². The van der Waals surface area contributed by atoms with Crippen molar-refractivity contribution in [3.05, 3.63) is 63.1 Å². The number of carbonyl (C=O) groups is 1. The van der Waals surface area contributed by atoms with Gasteiger partial charge in [0.1, 0.15) is 11.6 Å². The second-order valence-electron chi connectivity index (χ2n) is 9.18. The normalized spacial score (nSPS) is 20.0. The molecule has 2 N–H and O–H groups in total. The molecular weight excluding hydrogens is 482 g/mol. The van der Waals surface area contributed by atoms with Gasteiger partial charge in [0.15, 0.2) is 11.3 Å². The molecule has 0 aliphatic carbocycles. The second kappa shape index (κ2) is 8.84. The van der Waals surface area contributed by atoms with Crippen molar-refractivity contribution >= 4 is 22.6 Å². The number of hydrogen-bond donors (Lipinski definition) is 2. The number of nitrogens with one attached hydrogen (secondary N) is 2. The molecule has 2 aliphatic rings. The van der Waals surface area contributed by atoms with E-state index in [1.165, 1.54) is 19.1 Å². The highest BCUT2D eigenvalue weighted by molar-refractivity contribution is 5.94. The minimum Gasteiger partial charge on any atom is -0.379 e. The zero-order valence-corrected chi connectivity index (χ0v) is 19.3. The van der Waals surface area contributed by atoms with E-state index < -0.39 is 29.8 Å². The number of amides is 1. The number of piperidine rings is 1. The quantitative estimate of drug-likeness (QED) is 0.524. The fourth-order valence-electron chi connectivity index (χ4n) is 4.74. The van der Waals surface area contributed by atoms with Crippen LogP contribution in [0, 0.1) is 12.7 Å². The van der Waals surface area contributed by atoms with Crippen LogP contribution in [0.3, 0.4) is 0 Å². The summed E-state index contributed by atoms with van der Waals surface area (Å²) in [5.41, 5.74) is -2.75. The first kappa shape index (κ1) is 24.2. The molecule has 0 radical (unpaired) electrons. The highest BCUT2D eigenvalue weighted by Gasteiger charge is 2.43. The SMILES string of the molecule is Cc1nc2nc(C(F)(F)F)c(CNc3ccc(C(=O)N4CCCC5(CCO5)C4)cc3F)cc2c(=O)[nH]1. The van der Waals surface area contributed by atoms with Crippen LogP contribution in [0.15, 0.2) is 29.1 Å². The lowest BCUT2D eigenvalue weighted by molar-refractivity contribution is -0.171. The summed E-state index contributed by atoms with van der Waals surface area (Å²) < 4.78 is 61.5. The number of halogens is 4. The number of aromatic amines is 1. The number of anilines is 1. The average Bonchev–Trinajstić information content (AvgIpc) is 2.81. The van der Waals surface area contributed by atoms with E-state index in [9.17, 15) is 27.2 Å². The molecule has 4 heterocycles. The monoisotopic (exact) mass is 505 g/mol. The summed E-state index contributed by atoms with van der Waals surface area (Å²) in [4.78, 5) is 36.6. The molecule has 2 aromatic heterocycles. The Kier molecular flexibility index (Phi) is 5.93. The van der Waals surface area contributed by atoms with E-state index in [0.717, 1.165) is 31.4 Å². The summed E-state index contributed by atoms with van der Waals surface area (Å²) in [5.74, 6) is -0.976. The Morgan fingerprint density at radius 1 is 1.25 bits per heavy atom. The number of aryl methyl sites for hydroxylation is 1. The summed E-state index contributed by atoms with van der Waals surface area (Å²) >= 11 is 0. The maximum absolute atomic E-state index is 14.8. The smallest absolute Gasteiger partial charge is 0.379 e. The van der Waals surface area contributed by atoms with Crippen molar-refractivity contribution in [3.63, 3.8) is 0 Å². The Morgan fingerprint density at radius 2 is 2.03 bits per heavy atom. The third kappa shape index (κ3) is 4.52. The molecule has 1 amide bonds. The molecule has 12 heteroatoms. The molecule has 2 fully saturated rings. The van der Waals surface area contributed by atoms with E-state index in [-0.39, 0.29) is 45.2 Å². The Bertz CT molecular complexity index is 1400. The van der Waals surface area contributed by atoms with E-state index in [1.54, 1.807) is 4.90 Å². The van der Waals surface area contributed by atoms with Gasteiger partial charge in [0, 0.05) is 30.6 Å². The number of fused-ring (bicyclic) bond motifs is 1. The molecular formula is C24H23F4N5O3. The van der Waals surface area contributed by atoms with E-state index in [0.29, 0.717) is 19.7 Å². The largest absolute Gasteiger partial charge is 0.433 e. The molecule has 2 saturated heterocycles. The maximum Gasteiger partial charge on any atom is 0.433 e. The van der Waals surface area contributed by atoms with Crippen LogP contribution < -0.4 is 10.9 Å². The standard InChI is InChI=1S/C24H23F4N5O3/c1-13-30-20-16(21(34)31-13)9-15(19(32-20)24(26,27)28)11-29-18-4-3-14(10-17(18)25)22(35)33-7-2-5-23(12-33)6-8-36-23/h3-4,9-10,29H,2,5-8,11-12H2,1H3,(H,30,31,32,34). The number of ether oxygens (including phenoxy) is 1. The van der Waals surface area contributed by atoms with Crippen molar-refractivity contribution in [2.45, 2.75) is 44.5 Å². The molecule has 0 bridgehead atoms. The zero-order chi connectivity index (χ0) is 25.7. The van der Waals surface area contributed by atoms with Crippen molar-refractivity contribution in [2.75, 3.05) is 25.0 Å².